The van der Waals surface area contributed by atoms with Crippen LogP contribution < -0.4 is 5.73 Å². The molecule has 1 aromatic carbocycles. The summed E-state index contributed by atoms with van der Waals surface area (Å²) in [6.07, 6.45) is -0.693. The highest BCUT2D eigenvalue weighted by Gasteiger charge is 2.14. The topological polar surface area (TPSA) is 46.2 Å². The van der Waals surface area contributed by atoms with E-state index < -0.39 is 17.7 Å². The predicted octanol–water partition coefficient (Wildman–Crippen LogP) is 1.66. The van der Waals surface area contributed by atoms with Gasteiger partial charge in [-0.05, 0) is 31.5 Å². The van der Waals surface area contributed by atoms with Gasteiger partial charge in [-0.3, -0.25) is 0 Å². The zero-order valence-electron chi connectivity index (χ0n) is 7.93. The van der Waals surface area contributed by atoms with E-state index in [1.807, 2.05) is 0 Å². The van der Waals surface area contributed by atoms with Crippen LogP contribution in [-0.2, 0) is 0 Å². The van der Waals surface area contributed by atoms with E-state index in [9.17, 15) is 13.9 Å². The van der Waals surface area contributed by atoms with E-state index >= 15 is 0 Å². The van der Waals surface area contributed by atoms with Crippen molar-refractivity contribution >= 4 is 0 Å². The fourth-order valence-corrected chi connectivity index (χ4v) is 1.25. The van der Waals surface area contributed by atoms with Gasteiger partial charge in [0.05, 0.1) is 6.10 Å². The summed E-state index contributed by atoms with van der Waals surface area (Å²) in [5.41, 5.74) is 5.65. The Morgan fingerprint density at radius 2 is 2.00 bits per heavy atom. The van der Waals surface area contributed by atoms with E-state index in [0.717, 1.165) is 6.07 Å². The smallest absolute Gasteiger partial charge is 0.131 e. The van der Waals surface area contributed by atoms with Gasteiger partial charge in [-0.25, -0.2) is 8.78 Å². The average molecular weight is 201 g/mol. The van der Waals surface area contributed by atoms with Gasteiger partial charge in [0.15, 0.2) is 0 Å². The Morgan fingerprint density at radius 1 is 1.36 bits per heavy atom. The Labute approximate surface area is 81.4 Å². The highest BCUT2D eigenvalue weighted by Crippen LogP contribution is 2.22. The Balaban J connectivity index is 3.02. The summed E-state index contributed by atoms with van der Waals surface area (Å²) in [6, 6.07) is 2.09. The van der Waals surface area contributed by atoms with Crippen LogP contribution in [0.1, 0.15) is 23.7 Å². The van der Waals surface area contributed by atoms with Gasteiger partial charge in [0, 0.05) is 11.6 Å². The fourth-order valence-electron chi connectivity index (χ4n) is 1.25. The number of aliphatic hydroxyl groups excluding tert-OH is 1. The van der Waals surface area contributed by atoms with Crippen molar-refractivity contribution in [2.75, 3.05) is 6.54 Å². The molecule has 3 N–H and O–H groups in total. The third kappa shape index (κ3) is 2.27. The quantitative estimate of drug-likeness (QED) is 0.781. The van der Waals surface area contributed by atoms with E-state index in [0.29, 0.717) is 5.56 Å². The second-order valence-corrected chi connectivity index (χ2v) is 3.22. The number of rotatable bonds is 3. The predicted molar refractivity (Wildman–Crippen MR) is 49.7 cm³/mol. The van der Waals surface area contributed by atoms with E-state index in [-0.39, 0.29) is 18.5 Å². The van der Waals surface area contributed by atoms with Gasteiger partial charge in [0.25, 0.3) is 0 Å². The SMILES string of the molecule is Cc1cc(C(O)CCN)c(F)cc1F. The van der Waals surface area contributed by atoms with E-state index in [2.05, 4.69) is 0 Å². The van der Waals surface area contributed by atoms with Gasteiger partial charge < -0.3 is 10.8 Å². The molecule has 78 valence electrons. The molecule has 4 heteroatoms. The number of nitrogens with two attached hydrogens (primary N) is 1. The second kappa shape index (κ2) is 4.48. The number of aryl methyl sites for hydroxylation is 1. The highest BCUT2D eigenvalue weighted by molar-refractivity contribution is 5.27. The molecule has 1 atom stereocenters. The third-order valence-electron chi connectivity index (χ3n) is 2.08. The molecule has 0 amide bonds. The molecule has 1 unspecified atom stereocenters. The van der Waals surface area contributed by atoms with Gasteiger partial charge in [-0.15, -0.1) is 0 Å². The van der Waals surface area contributed by atoms with Crippen molar-refractivity contribution in [3.05, 3.63) is 34.9 Å². The number of halogens is 2. The minimum atomic E-state index is -0.959. The lowest BCUT2D eigenvalue weighted by Gasteiger charge is -2.11. The number of hydrogen-bond acceptors (Lipinski definition) is 2. The molecule has 0 heterocycles. The molecule has 1 rings (SSSR count). The molecule has 0 radical (unpaired) electrons. The molecular formula is C10H13F2NO. The summed E-state index contributed by atoms with van der Waals surface area (Å²) in [6.45, 7) is 1.78. The van der Waals surface area contributed by atoms with Crippen LogP contribution in [0.25, 0.3) is 0 Å². The highest BCUT2D eigenvalue weighted by atomic mass is 19.1. The first kappa shape index (κ1) is 11.1. The van der Waals surface area contributed by atoms with Gasteiger partial charge in [-0.2, -0.15) is 0 Å². The monoisotopic (exact) mass is 201 g/mol. The van der Waals surface area contributed by atoms with Crippen molar-refractivity contribution < 1.29 is 13.9 Å². The van der Waals surface area contributed by atoms with Crippen LogP contribution in [0.3, 0.4) is 0 Å². The molecule has 0 aliphatic carbocycles. The van der Waals surface area contributed by atoms with E-state index in [4.69, 9.17) is 5.73 Å². The molecular weight excluding hydrogens is 188 g/mol. The van der Waals surface area contributed by atoms with Crippen LogP contribution >= 0.6 is 0 Å². The van der Waals surface area contributed by atoms with Crippen molar-refractivity contribution in [2.45, 2.75) is 19.4 Å². The summed E-state index contributed by atoms with van der Waals surface area (Å²) in [5.74, 6) is -1.33. The van der Waals surface area contributed by atoms with Crippen LogP contribution in [-0.4, -0.2) is 11.7 Å². The first-order valence-corrected chi connectivity index (χ1v) is 4.40. The maximum absolute atomic E-state index is 13.2. The molecule has 2 nitrogen and oxygen atoms in total. The number of benzene rings is 1. The molecule has 0 fully saturated rings. The number of aliphatic hydroxyl groups is 1. The van der Waals surface area contributed by atoms with Gasteiger partial charge >= 0.3 is 0 Å². The van der Waals surface area contributed by atoms with Crippen molar-refractivity contribution in [1.82, 2.24) is 0 Å². The molecule has 0 saturated carbocycles. The molecule has 0 saturated heterocycles. The van der Waals surface area contributed by atoms with Gasteiger partial charge in [-0.1, -0.05) is 0 Å². The Hall–Kier alpha value is -1.00. The van der Waals surface area contributed by atoms with Crippen LogP contribution in [0, 0.1) is 18.6 Å². The molecule has 14 heavy (non-hydrogen) atoms. The summed E-state index contributed by atoms with van der Waals surface area (Å²) in [4.78, 5) is 0. The summed E-state index contributed by atoms with van der Waals surface area (Å²) < 4.78 is 26.0. The Morgan fingerprint density at radius 3 is 2.57 bits per heavy atom. The largest absolute Gasteiger partial charge is 0.388 e. The first-order chi connectivity index (χ1) is 6.56. The van der Waals surface area contributed by atoms with Gasteiger partial charge in [0.2, 0.25) is 0 Å². The van der Waals surface area contributed by atoms with Crippen LogP contribution in [0.2, 0.25) is 0 Å². The molecule has 0 aliphatic heterocycles. The summed E-state index contributed by atoms with van der Waals surface area (Å²) >= 11 is 0. The fraction of sp³-hybridized carbons (Fsp3) is 0.400. The lowest BCUT2D eigenvalue weighted by atomic mass is 10.0. The average Bonchev–Trinajstić information content (AvgIpc) is 2.11. The Kier molecular flexibility index (Phi) is 3.55. The van der Waals surface area contributed by atoms with Crippen LogP contribution in [0.15, 0.2) is 12.1 Å². The molecule has 0 aliphatic rings. The second-order valence-electron chi connectivity index (χ2n) is 3.22. The maximum atomic E-state index is 13.2. The lowest BCUT2D eigenvalue weighted by molar-refractivity contribution is 0.165. The summed E-state index contributed by atoms with van der Waals surface area (Å²) in [7, 11) is 0. The van der Waals surface area contributed by atoms with Crippen molar-refractivity contribution in [2.24, 2.45) is 5.73 Å². The van der Waals surface area contributed by atoms with Crippen LogP contribution in [0.4, 0.5) is 8.78 Å². The van der Waals surface area contributed by atoms with Crippen molar-refractivity contribution in [1.29, 1.82) is 0 Å². The normalized spacial score (nSPS) is 12.9. The van der Waals surface area contributed by atoms with E-state index in [1.54, 1.807) is 0 Å². The first-order valence-electron chi connectivity index (χ1n) is 4.40. The minimum Gasteiger partial charge on any atom is -0.388 e. The molecule has 0 spiro atoms. The standard InChI is InChI=1S/C10H13F2NO/c1-6-4-7(10(14)2-3-13)9(12)5-8(6)11/h4-5,10,14H,2-3,13H2,1H3. The maximum Gasteiger partial charge on any atom is 0.131 e. The molecule has 1 aromatic rings. The molecule has 0 aromatic heterocycles. The van der Waals surface area contributed by atoms with Crippen molar-refractivity contribution in [3.8, 4) is 0 Å². The Bertz CT molecular complexity index is 328. The van der Waals surface area contributed by atoms with E-state index in [1.165, 1.54) is 13.0 Å². The van der Waals surface area contributed by atoms with Crippen LogP contribution in [0.5, 0.6) is 0 Å². The third-order valence-corrected chi connectivity index (χ3v) is 2.08. The zero-order chi connectivity index (χ0) is 10.7. The van der Waals surface area contributed by atoms with Crippen molar-refractivity contribution in [3.63, 3.8) is 0 Å². The zero-order valence-corrected chi connectivity index (χ0v) is 7.93. The minimum absolute atomic E-state index is 0.106. The molecule has 0 bridgehead atoms. The van der Waals surface area contributed by atoms with Gasteiger partial charge in [0.1, 0.15) is 11.6 Å². The lowest BCUT2D eigenvalue weighted by Crippen LogP contribution is -2.09. The number of hydrogen-bond donors (Lipinski definition) is 2. The summed E-state index contributed by atoms with van der Waals surface area (Å²) in [5, 5.41) is 9.47.